The zero-order valence-electron chi connectivity index (χ0n) is 7.91. The number of β-amino-alcohol motifs (C(OH)–C–C–N with tert-alkyl or cyclic N) is 1. The van der Waals surface area contributed by atoms with Crippen molar-refractivity contribution >= 4 is 0 Å². The van der Waals surface area contributed by atoms with Crippen molar-refractivity contribution in [2.24, 2.45) is 0 Å². The van der Waals surface area contributed by atoms with Crippen LogP contribution >= 0.6 is 0 Å². The number of hydrogen-bond acceptors (Lipinski definition) is 4. The normalized spacial score (nSPS) is 21.0. The van der Waals surface area contributed by atoms with Gasteiger partial charge in [0.1, 0.15) is 0 Å². The molecule has 70 valence electrons. The third-order valence-electron chi connectivity index (χ3n) is 1.91. The second kappa shape index (κ2) is 3.78. The quantitative estimate of drug-likeness (QED) is 0.605. The Kier molecular flexibility index (Phi) is 2.94. The topological polar surface area (TPSA) is 38.7 Å². The lowest BCUT2D eigenvalue weighted by Crippen LogP contribution is -2.36. The number of hydrazine groups is 1. The standard InChI is InChI=1S/C8H17N3O/c1-7(12)4-11-6-8(9-2)5-10(11)3/h6-7,9,12H,4-5H2,1-3H3. The Labute approximate surface area is 73.4 Å². The Morgan fingerprint density at radius 1 is 1.75 bits per heavy atom. The summed E-state index contributed by atoms with van der Waals surface area (Å²) in [5, 5.41) is 16.3. The Morgan fingerprint density at radius 2 is 2.42 bits per heavy atom. The van der Waals surface area contributed by atoms with Crippen molar-refractivity contribution in [1.29, 1.82) is 0 Å². The molecule has 0 radical (unpaired) electrons. The molecule has 0 spiro atoms. The van der Waals surface area contributed by atoms with Crippen LogP contribution in [0.3, 0.4) is 0 Å². The van der Waals surface area contributed by atoms with Gasteiger partial charge in [-0.1, -0.05) is 0 Å². The van der Waals surface area contributed by atoms with Crippen LogP contribution in [0.15, 0.2) is 11.9 Å². The van der Waals surface area contributed by atoms with Gasteiger partial charge in [0.25, 0.3) is 0 Å². The number of aliphatic hydroxyl groups excluding tert-OH is 1. The summed E-state index contributed by atoms with van der Waals surface area (Å²) in [6, 6.07) is 0. The van der Waals surface area contributed by atoms with Gasteiger partial charge in [0.15, 0.2) is 0 Å². The van der Waals surface area contributed by atoms with Crippen molar-refractivity contribution in [1.82, 2.24) is 15.3 Å². The van der Waals surface area contributed by atoms with E-state index >= 15 is 0 Å². The average molecular weight is 171 g/mol. The summed E-state index contributed by atoms with van der Waals surface area (Å²) in [4.78, 5) is 0. The molecule has 0 amide bonds. The second-order valence-electron chi connectivity index (χ2n) is 3.19. The number of hydrogen-bond donors (Lipinski definition) is 2. The van der Waals surface area contributed by atoms with Gasteiger partial charge >= 0.3 is 0 Å². The van der Waals surface area contributed by atoms with Crippen LogP contribution < -0.4 is 5.32 Å². The minimum atomic E-state index is -0.292. The van der Waals surface area contributed by atoms with Gasteiger partial charge in [0.05, 0.1) is 19.2 Å². The van der Waals surface area contributed by atoms with Crippen molar-refractivity contribution in [3.05, 3.63) is 11.9 Å². The van der Waals surface area contributed by atoms with Crippen LogP contribution in [0, 0.1) is 0 Å². The Bertz CT molecular complexity index is 179. The maximum absolute atomic E-state index is 9.17. The molecule has 0 fully saturated rings. The van der Waals surface area contributed by atoms with Crippen molar-refractivity contribution in [3.8, 4) is 0 Å². The fourth-order valence-electron chi connectivity index (χ4n) is 1.26. The van der Waals surface area contributed by atoms with Gasteiger partial charge < -0.3 is 15.4 Å². The third kappa shape index (κ3) is 2.12. The molecule has 0 aromatic heterocycles. The van der Waals surface area contributed by atoms with Gasteiger partial charge in [-0.25, -0.2) is 5.01 Å². The number of nitrogens with zero attached hydrogens (tertiary/aromatic N) is 2. The first-order valence-electron chi connectivity index (χ1n) is 4.17. The fraction of sp³-hybridized carbons (Fsp3) is 0.750. The molecule has 0 aromatic rings. The average Bonchev–Trinajstić information content (AvgIpc) is 2.31. The summed E-state index contributed by atoms with van der Waals surface area (Å²) >= 11 is 0. The molecule has 4 heteroatoms. The monoisotopic (exact) mass is 171 g/mol. The van der Waals surface area contributed by atoms with E-state index in [2.05, 4.69) is 10.3 Å². The second-order valence-corrected chi connectivity index (χ2v) is 3.19. The molecule has 1 rings (SSSR count). The molecule has 2 N–H and O–H groups in total. The van der Waals surface area contributed by atoms with E-state index in [4.69, 9.17) is 0 Å². The van der Waals surface area contributed by atoms with Crippen LogP contribution in [0.2, 0.25) is 0 Å². The molecule has 1 aliphatic rings. The highest BCUT2D eigenvalue weighted by atomic mass is 16.3. The number of aliphatic hydroxyl groups is 1. The molecule has 1 atom stereocenters. The molecule has 12 heavy (non-hydrogen) atoms. The lowest BCUT2D eigenvalue weighted by atomic mass is 10.4. The van der Waals surface area contributed by atoms with E-state index in [1.165, 1.54) is 5.70 Å². The Morgan fingerprint density at radius 3 is 2.83 bits per heavy atom. The van der Waals surface area contributed by atoms with Gasteiger partial charge in [0.2, 0.25) is 0 Å². The number of rotatable bonds is 3. The number of likely N-dealkylation sites (N-methyl/N-ethyl adjacent to an activating group) is 2. The summed E-state index contributed by atoms with van der Waals surface area (Å²) in [6.45, 7) is 3.34. The molecule has 0 bridgehead atoms. The molecule has 1 heterocycles. The zero-order valence-corrected chi connectivity index (χ0v) is 7.91. The van der Waals surface area contributed by atoms with Crippen LogP contribution in [0.1, 0.15) is 6.92 Å². The predicted molar refractivity (Wildman–Crippen MR) is 48.2 cm³/mol. The molecule has 1 unspecified atom stereocenters. The lowest BCUT2D eigenvalue weighted by Gasteiger charge is -2.25. The van der Waals surface area contributed by atoms with E-state index in [1.807, 2.05) is 25.3 Å². The minimum absolute atomic E-state index is 0.292. The molecular weight excluding hydrogens is 154 g/mol. The maximum atomic E-state index is 9.17. The van der Waals surface area contributed by atoms with Crippen LogP contribution in [0.5, 0.6) is 0 Å². The molecular formula is C8H17N3O. The van der Waals surface area contributed by atoms with E-state index in [1.54, 1.807) is 6.92 Å². The van der Waals surface area contributed by atoms with Crippen molar-refractivity contribution < 1.29 is 5.11 Å². The van der Waals surface area contributed by atoms with Gasteiger partial charge in [-0.2, -0.15) is 0 Å². The SMILES string of the molecule is CNC1=CN(CC(C)O)N(C)C1. The summed E-state index contributed by atoms with van der Waals surface area (Å²) in [5.41, 5.74) is 1.18. The van der Waals surface area contributed by atoms with Crippen molar-refractivity contribution in [2.45, 2.75) is 13.0 Å². The smallest absolute Gasteiger partial charge is 0.0702 e. The van der Waals surface area contributed by atoms with E-state index in [-0.39, 0.29) is 6.10 Å². The molecule has 0 aromatic carbocycles. The van der Waals surface area contributed by atoms with E-state index < -0.39 is 0 Å². The largest absolute Gasteiger partial charge is 0.392 e. The first-order valence-corrected chi connectivity index (χ1v) is 4.17. The van der Waals surface area contributed by atoms with E-state index in [0.29, 0.717) is 6.54 Å². The fourth-order valence-corrected chi connectivity index (χ4v) is 1.26. The zero-order chi connectivity index (χ0) is 9.14. The van der Waals surface area contributed by atoms with E-state index in [9.17, 15) is 5.11 Å². The summed E-state index contributed by atoms with van der Waals surface area (Å²) in [6.07, 6.45) is 1.73. The van der Waals surface area contributed by atoms with E-state index in [0.717, 1.165) is 6.54 Å². The first-order chi connectivity index (χ1) is 5.63. The van der Waals surface area contributed by atoms with Gasteiger partial charge in [-0.15, -0.1) is 0 Å². The van der Waals surface area contributed by atoms with Gasteiger partial charge in [-0.3, -0.25) is 0 Å². The highest BCUT2D eigenvalue weighted by molar-refractivity contribution is 5.05. The minimum Gasteiger partial charge on any atom is -0.392 e. The summed E-state index contributed by atoms with van der Waals surface area (Å²) in [5.74, 6) is 0. The summed E-state index contributed by atoms with van der Waals surface area (Å²) < 4.78 is 0. The predicted octanol–water partition coefficient (Wildman–Crippen LogP) is -0.410. The highest BCUT2D eigenvalue weighted by Crippen LogP contribution is 2.10. The molecule has 0 aliphatic carbocycles. The Balaban J connectivity index is 2.48. The highest BCUT2D eigenvalue weighted by Gasteiger charge is 2.17. The van der Waals surface area contributed by atoms with Gasteiger partial charge in [0, 0.05) is 26.0 Å². The van der Waals surface area contributed by atoms with Crippen molar-refractivity contribution in [2.75, 3.05) is 27.2 Å². The van der Waals surface area contributed by atoms with Crippen LogP contribution in [-0.2, 0) is 0 Å². The molecule has 4 nitrogen and oxygen atoms in total. The first kappa shape index (κ1) is 9.35. The van der Waals surface area contributed by atoms with Crippen LogP contribution in [0.4, 0.5) is 0 Å². The number of nitrogens with one attached hydrogen (secondary N) is 1. The third-order valence-corrected chi connectivity index (χ3v) is 1.91. The lowest BCUT2D eigenvalue weighted by molar-refractivity contribution is 0.0351. The molecule has 0 saturated carbocycles. The maximum Gasteiger partial charge on any atom is 0.0702 e. The van der Waals surface area contributed by atoms with Crippen molar-refractivity contribution in [3.63, 3.8) is 0 Å². The van der Waals surface area contributed by atoms with Crippen LogP contribution in [-0.4, -0.2) is 48.4 Å². The molecule has 1 aliphatic heterocycles. The Hall–Kier alpha value is -0.740. The van der Waals surface area contributed by atoms with Gasteiger partial charge in [-0.05, 0) is 6.92 Å². The van der Waals surface area contributed by atoms with Crippen LogP contribution in [0.25, 0.3) is 0 Å². The molecule has 0 saturated heterocycles. The summed E-state index contributed by atoms with van der Waals surface area (Å²) in [7, 11) is 3.91.